The number of likely N-dealkylation sites (tertiary alicyclic amines) is 1. The normalized spacial score (nSPS) is 15.7. The van der Waals surface area contributed by atoms with Crippen LogP contribution in [0.4, 0.5) is 5.82 Å². The topological polar surface area (TPSA) is 58.1 Å². The molecule has 0 bridgehead atoms. The van der Waals surface area contributed by atoms with Gasteiger partial charge >= 0.3 is 0 Å². The number of nitrogens with one attached hydrogen (secondary N) is 1. The van der Waals surface area contributed by atoms with Gasteiger partial charge in [0.1, 0.15) is 16.7 Å². The number of amides is 1. The lowest BCUT2D eigenvalue weighted by molar-refractivity contribution is -0.130. The van der Waals surface area contributed by atoms with Crippen LogP contribution in [0.1, 0.15) is 19.3 Å². The average molecular weight is 299 g/mol. The summed E-state index contributed by atoms with van der Waals surface area (Å²) in [5.41, 5.74) is 0. The van der Waals surface area contributed by atoms with Gasteiger partial charge in [-0.25, -0.2) is 9.97 Å². The molecule has 1 amide bonds. The molecule has 0 aromatic carbocycles. The Morgan fingerprint density at radius 3 is 2.82 bits per heavy atom. The molecule has 0 saturated carbocycles. The van der Waals surface area contributed by atoms with E-state index in [2.05, 4.69) is 31.2 Å². The fourth-order valence-corrected chi connectivity index (χ4v) is 2.16. The summed E-state index contributed by atoms with van der Waals surface area (Å²) in [6.45, 7) is 2.06. The zero-order valence-corrected chi connectivity index (χ0v) is 11.1. The van der Waals surface area contributed by atoms with Gasteiger partial charge in [-0.3, -0.25) is 4.79 Å². The van der Waals surface area contributed by atoms with Gasteiger partial charge in [0.15, 0.2) is 0 Å². The zero-order chi connectivity index (χ0) is 12.1. The first-order chi connectivity index (χ1) is 8.25. The molecule has 0 aliphatic carbocycles. The molecule has 0 atom stereocenters. The Kier molecular flexibility index (Phi) is 4.30. The smallest absolute Gasteiger partial charge is 0.241 e. The van der Waals surface area contributed by atoms with Crippen molar-refractivity contribution in [3.05, 3.63) is 17.0 Å². The van der Waals surface area contributed by atoms with Gasteiger partial charge in [0, 0.05) is 19.2 Å². The SMILES string of the molecule is O=C(CNc1cc(Br)ncn1)N1CCCCC1. The van der Waals surface area contributed by atoms with Crippen molar-refractivity contribution in [2.45, 2.75) is 19.3 Å². The van der Waals surface area contributed by atoms with E-state index in [0.717, 1.165) is 25.9 Å². The van der Waals surface area contributed by atoms with Crippen molar-refractivity contribution in [1.29, 1.82) is 0 Å². The van der Waals surface area contributed by atoms with Gasteiger partial charge in [-0.15, -0.1) is 0 Å². The molecule has 1 aliphatic heterocycles. The maximum atomic E-state index is 11.9. The van der Waals surface area contributed by atoms with Gasteiger partial charge in [-0.2, -0.15) is 0 Å². The molecule has 2 heterocycles. The Morgan fingerprint density at radius 2 is 2.12 bits per heavy atom. The van der Waals surface area contributed by atoms with Crippen LogP contribution >= 0.6 is 15.9 Å². The number of hydrogen-bond donors (Lipinski definition) is 1. The van der Waals surface area contributed by atoms with Gasteiger partial charge in [-0.05, 0) is 35.2 Å². The first-order valence-electron chi connectivity index (χ1n) is 5.75. The number of anilines is 1. The lowest BCUT2D eigenvalue weighted by atomic mass is 10.1. The van der Waals surface area contributed by atoms with Crippen molar-refractivity contribution in [3.8, 4) is 0 Å². The van der Waals surface area contributed by atoms with Gasteiger partial charge < -0.3 is 10.2 Å². The molecule has 1 N–H and O–H groups in total. The van der Waals surface area contributed by atoms with E-state index in [1.807, 2.05) is 4.90 Å². The van der Waals surface area contributed by atoms with E-state index in [1.54, 1.807) is 6.07 Å². The second kappa shape index (κ2) is 5.95. The van der Waals surface area contributed by atoms with Crippen LogP contribution < -0.4 is 5.32 Å². The molecule has 92 valence electrons. The van der Waals surface area contributed by atoms with Crippen LogP contribution in [0, 0.1) is 0 Å². The van der Waals surface area contributed by atoms with Crippen LogP contribution in [-0.4, -0.2) is 40.4 Å². The summed E-state index contributed by atoms with van der Waals surface area (Å²) in [4.78, 5) is 21.7. The van der Waals surface area contributed by atoms with Crippen LogP contribution in [0.2, 0.25) is 0 Å². The zero-order valence-electron chi connectivity index (χ0n) is 9.53. The summed E-state index contributed by atoms with van der Waals surface area (Å²) < 4.78 is 0.709. The fraction of sp³-hybridized carbons (Fsp3) is 0.545. The maximum Gasteiger partial charge on any atom is 0.241 e. The number of nitrogens with zero attached hydrogens (tertiary/aromatic N) is 3. The van der Waals surface area contributed by atoms with E-state index in [0.29, 0.717) is 17.0 Å². The molecule has 0 unspecified atom stereocenters. The number of rotatable bonds is 3. The minimum absolute atomic E-state index is 0.138. The quantitative estimate of drug-likeness (QED) is 0.863. The molecule has 1 aliphatic rings. The largest absolute Gasteiger partial charge is 0.361 e. The third-order valence-electron chi connectivity index (χ3n) is 2.76. The molecule has 0 spiro atoms. The van der Waals surface area contributed by atoms with Gasteiger partial charge in [-0.1, -0.05) is 0 Å². The lowest BCUT2D eigenvalue weighted by Crippen LogP contribution is -2.39. The van der Waals surface area contributed by atoms with Crippen LogP contribution in [0.5, 0.6) is 0 Å². The Labute approximate surface area is 109 Å². The predicted molar refractivity (Wildman–Crippen MR) is 68.7 cm³/mol. The Hall–Kier alpha value is -1.17. The van der Waals surface area contributed by atoms with Crippen molar-refractivity contribution in [3.63, 3.8) is 0 Å². The van der Waals surface area contributed by atoms with E-state index < -0.39 is 0 Å². The average Bonchev–Trinajstić information content (AvgIpc) is 2.37. The third kappa shape index (κ3) is 3.66. The number of halogens is 1. The van der Waals surface area contributed by atoms with Crippen molar-refractivity contribution in [2.24, 2.45) is 0 Å². The van der Waals surface area contributed by atoms with E-state index in [4.69, 9.17) is 0 Å². The summed E-state index contributed by atoms with van der Waals surface area (Å²) in [5.74, 6) is 0.802. The first kappa shape index (κ1) is 12.3. The van der Waals surface area contributed by atoms with Crippen molar-refractivity contribution in [2.75, 3.05) is 25.0 Å². The molecular formula is C11H15BrN4O. The molecule has 6 heteroatoms. The van der Waals surface area contributed by atoms with Gasteiger partial charge in [0.2, 0.25) is 5.91 Å². The Balaban J connectivity index is 1.83. The fourth-order valence-electron chi connectivity index (χ4n) is 1.85. The minimum Gasteiger partial charge on any atom is -0.361 e. The number of carbonyl (C=O) groups excluding carboxylic acids is 1. The van der Waals surface area contributed by atoms with E-state index in [9.17, 15) is 4.79 Å². The van der Waals surface area contributed by atoms with Crippen LogP contribution in [0.15, 0.2) is 17.0 Å². The summed E-state index contributed by atoms with van der Waals surface area (Å²) >= 11 is 3.26. The van der Waals surface area contributed by atoms with Crippen LogP contribution in [-0.2, 0) is 4.79 Å². The first-order valence-corrected chi connectivity index (χ1v) is 6.54. The van der Waals surface area contributed by atoms with Crippen molar-refractivity contribution in [1.82, 2.24) is 14.9 Å². The van der Waals surface area contributed by atoms with Crippen molar-refractivity contribution < 1.29 is 4.79 Å². The molecule has 5 nitrogen and oxygen atoms in total. The Bertz CT molecular complexity index is 393. The van der Waals surface area contributed by atoms with Gasteiger partial charge in [0.05, 0.1) is 6.54 Å². The predicted octanol–water partition coefficient (Wildman–Crippen LogP) is 1.66. The highest BCUT2D eigenvalue weighted by Crippen LogP contribution is 2.11. The third-order valence-corrected chi connectivity index (χ3v) is 3.20. The summed E-state index contributed by atoms with van der Waals surface area (Å²) in [7, 11) is 0. The standard InChI is InChI=1S/C11H15BrN4O/c12-9-6-10(15-8-14-9)13-7-11(17)16-4-2-1-3-5-16/h6,8H,1-5,7H2,(H,13,14,15). The molecule has 2 rings (SSSR count). The van der Waals surface area contributed by atoms with Crippen LogP contribution in [0.3, 0.4) is 0 Å². The molecule has 1 aromatic heterocycles. The molecule has 1 aromatic rings. The maximum absolute atomic E-state index is 11.9. The number of aromatic nitrogens is 2. The van der Waals surface area contributed by atoms with Crippen LogP contribution in [0.25, 0.3) is 0 Å². The molecule has 17 heavy (non-hydrogen) atoms. The van der Waals surface area contributed by atoms with E-state index in [-0.39, 0.29) is 5.91 Å². The second-order valence-corrected chi connectivity index (χ2v) is 4.83. The molecular weight excluding hydrogens is 284 g/mol. The van der Waals surface area contributed by atoms with E-state index >= 15 is 0 Å². The second-order valence-electron chi connectivity index (χ2n) is 4.02. The van der Waals surface area contributed by atoms with Crippen molar-refractivity contribution >= 4 is 27.7 Å². The highest BCUT2D eigenvalue weighted by molar-refractivity contribution is 9.10. The van der Waals surface area contributed by atoms with E-state index in [1.165, 1.54) is 12.7 Å². The summed E-state index contributed by atoms with van der Waals surface area (Å²) in [5, 5.41) is 3.01. The highest BCUT2D eigenvalue weighted by atomic mass is 79.9. The van der Waals surface area contributed by atoms with Gasteiger partial charge in [0.25, 0.3) is 0 Å². The minimum atomic E-state index is 0.138. The monoisotopic (exact) mass is 298 g/mol. The number of hydrogen-bond acceptors (Lipinski definition) is 4. The highest BCUT2D eigenvalue weighted by Gasteiger charge is 2.15. The number of piperidine rings is 1. The summed E-state index contributed by atoms with van der Waals surface area (Å²) in [6, 6.07) is 1.75. The summed E-state index contributed by atoms with van der Waals surface area (Å²) in [6.07, 6.45) is 4.92. The Morgan fingerprint density at radius 1 is 1.35 bits per heavy atom. The molecule has 0 radical (unpaired) electrons. The molecule has 1 fully saturated rings. The molecule has 1 saturated heterocycles. The lowest BCUT2D eigenvalue weighted by Gasteiger charge is -2.26. The number of carbonyl (C=O) groups is 1.